The summed E-state index contributed by atoms with van der Waals surface area (Å²) in [6.07, 6.45) is 9.50. The summed E-state index contributed by atoms with van der Waals surface area (Å²) in [4.78, 5) is 0. The molecule has 0 aliphatic rings. The van der Waals surface area contributed by atoms with Crippen LogP contribution in [0.1, 0.15) is 79.6 Å². The van der Waals surface area contributed by atoms with Gasteiger partial charge in [0.05, 0.1) is 0 Å². The van der Waals surface area contributed by atoms with Crippen LogP contribution in [-0.4, -0.2) is 12.1 Å². The normalized spacial score (nSPS) is 15.4. The Morgan fingerprint density at radius 2 is 1.31 bits per heavy atom. The summed E-state index contributed by atoms with van der Waals surface area (Å²) in [5, 5.41) is 3.71. The lowest BCUT2D eigenvalue weighted by molar-refractivity contribution is 0.397. The van der Waals surface area contributed by atoms with Gasteiger partial charge in [0, 0.05) is 12.1 Å². The lowest BCUT2D eigenvalue weighted by Gasteiger charge is -2.20. The van der Waals surface area contributed by atoms with Gasteiger partial charge in [-0.05, 0) is 32.6 Å². The van der Waals surface area contributed by atoms with Gasteiger partial charge in [0.25, 0.3) is 0 Å². The van der Waals surface area contributed by atoms with E-state index in [2.05, 4.69) is 39.9 Å². The Morgan fingerprint density at radius 3 is 1.81 bits per heavy atom. The highest BCUT2D eigenvalue weighted by Crippen LogP contribution is 2.10. The molecular formula is C15H33N. The fourth-order valence-electron chi connectivity index (χ4n) is 2.19. The van der Waals surface area contributed by atoms with Crippen LogP contribution in [-0.2, 0) is 0 Å². The number of unbranched alkanes of at least 4 members (excludes halogenated alkanes) is 2. The van der Waals surface area contributed by atoms with Crippen LogP contribution < -0.4 is 5.32 Å². The van der Waals surface area contributed by atoms with Crippen molar-refractivity contribution in [3.63, 3.8) is 0 Å². The van der Waals surface area contributed by atoms with Crippen molar-refractivity contribution in [2.24, 2.45) is 5.92 Å². The summed E-state index contributed by atoms with van der Waals surface area (Å²) in [6, 6.07) is 1.39. The molecule has 2 unspecified atom stereocenters. The number of nitrogens with one attached hydrogen (secondary N) is 1. The summed E-state index contributed by atoms with van der Waals surface area (Å²) < 4.78 is 0. The van der Waals surface area contributed by atoms with Gasteiger partial charge in [-0.3, -0.25) is 0 Å². The van der Waals surface area contributed by atoms with Crippen molar-refractivity contribution >= 4 is 0 Å². The van der Waals surface area contributed by atoms with Crippen LogP contribution in [0.5, 0.6) is 0 Å². The van der Waals surface area contributed by atoms with E-state index in [1.165, 1.54) is 44.9 Å². The number of rotatable bonds is 10. The standard InChI is InChI=1S/C15H33N/c1-6-7-8-11-14(4)16-15(5)12-9-10-13(2)3/h13-16H,6-12H2,1-5H3. The van der Waals surface area contributed by atoms with Crippen LogP contribution in [0.3, 0.4) is 0 Å². The van der Waals surface area contributed by atoms with Gasteiger partial charge in [0.15, 0.2) is 0 Å². The van der Waals surface area contributed by atoms with Gasteiger partial charge in [-0.2, -0.15) is 0 Å². The maximum absolute atomic E-state index is 3.71. The van der Waals surface area contributed by atoms with Crippen molar-refractivity contribution in [1.82, 2.24) is 5.32 Å². The van der Waals surface area contributed by atoms with Gasteiger partial charge in [-0.1, -0.05) is 52.9 Å². The first-order valence-electron chi connectivity index (χ1n) is 7.32. The summed E-state index contributed by atoms with van der Waals surface area (Å²) in [7, 11) is 0. The Hall–Kier alpha value is -0.0400. The van der Waals surface area contributed by atoms with Crippen LogP contribution in [0.4, 0.5) is 0 Å². The SMILES string of the molecule is CCCCCC(C)NC(C)CCCC(C)C. The van der Waals surface area contributed by atoms with E-state index in [0.29, 0.717) is 12.1 Å². The molecular weight excluding hydrogens is 194 g/mol. The molecule has 0 aromatic carbocycles. The van der Waals surface area contributed by atoms with Crippen molar-refractivity contribution in [2.45, 2.75) is 91.6 Å². The Labute approximate surface area is 103 Å². The Morgan fingerprint density at radius 1 is 0.750 bits per heavy atom. The first-order valence-corrected chi connectivity index (χ1v) is 7.32. The molecule has 0 aliphatic heterocycles. The summed E-state index contributed by atoms with van der Waals surface area (Å²) >= 11 is 0. The molecule has 0 heterocycles. The zero-order valence-electron chi connectivity index (χ0n) is 12.2. The Bertz CT molecular complexity index is 142. The Balaban J connectivity index is 3.42. The predicted molar refractivity (Wildman–Crippen MR) is 74.9 cm³/mol. The first kappa shape index (κ1) is 16.0. The maximum atomic E-state index is 3.71. The molecule has 1 heteroatoms. The lowest BCUT2D eigenvalue weighted by Crippen LogP contribution is -2.34. The third-order valence-electron chi connectivity index (χ3n) is 3.23. The molecule has 0 spiro atoms. The maximum Gasteiger partial charge on any atom is 0.00412 e. The van der Waals surface area contributed by atoms with E-state index in [4.69, 9.17) is 0 Å². The van der Waals surface area contributed by atoms with Crippen LogP contribution in [0, 0.1) is 5.92 Å². The summed E-state index contributed by atoms with van der Waals surface area (Å²) in [6.45, 7) is 11.6. The van der Waals surface area contributed by atoms with Crippen LogP contribution in [0.15, 0.2) is 0 Å². The average Bonchev–Trinajstić information content (AvgIpc) is 2.17. The van der Waals surface area contributed by atoms with Gasteiger partial charge < -0.3 is 5.32 Å². The van der Waals surface area contributed by atoms with Crippen LogP contribution in [0.25, 0.3) is 0 Å². The lowest BCUT2D eigenvalue weighted by atomic mass is 10.0. The second kappa shape index (κ2) is 10.1. The van der Waals surface area contributed by atoms with Crippen molar-refractivity contribution in [1.29, 1.82) is 0 Å². The third-order valence-corrected chi connectivity index (χ3v) is 3.23. The third kappa shape index (κ3) is 10.5. The molecule has 16 heavy (non-hydrogen) atoms. The second-order valence-corrected chi connectivity index (χ2v) is 5.79. The van der Waals surface area contributed by atoms with E-state index in [-0.39, 0.29) is 0 Å². The van der Waals surface area contributed by atoms with E-state index in [1.807, 2.05) is 0 Å². The molecule has 0 aliphatic carbocycles. The van der Waals surface area contributed by atoms with Gasteiger partial charge in [0.1, 0.15) is 0 Å². The minimum Gasteiger partial charge on any atom is -0.312 e. The predicted octanol–water partition coefficient (Wildman–Crippen LogP) is 4.76. The fraction of sp³-hybridized carbons (Fsp3) is 1.00. The highest BCUT2D eigenvalue weighted by atomic mass is 14.9. The molecule has 0 saturated heterocycles. The molecule has 0 amide bonds. The number of hydrogen-bond acceptors (Lipinski definition) is 1. The van der Waals surface area contributed by atoms with E-state index >= 15 is 0 Å². The van der Waals surface area contributed by atoms with Crippen LogP contribution in [0.2, 0.25) is 0 Å². The molecule has 0 rings (SSSR count). The topological polar surface area (TPSA) is 12.0 Å². The molecule has 98 valence electrons. The van der Waals surface area contributed by atoms with Crippen LogP contribution >= 0.6 is 0 Å². The molecule has 0 aromatic heterocycles. The molecule has 0 aromatic rings. The average molecular weight is 227 g/mol. The number of hydrogen-bond donors (Lipinski definition) is 1. The second-order valence-electron chi connectivity index (χ2n) is 5.79. The molecule has 0 radical (unpaired) electrons. The summed E-state index contributed by atoms with van der Waals surface area (Å²) in [5.74, 6) is 0.856. The van der Waals surface area contributed by atoms with Gasteiger partial charge >= 0.3 is 0 Å². The molecule has 1 nitrogen and oxygen atoms in total. The Kier molecular flexibility index (Phi) is 10.1. The quantitative estimate of drug-likeness (QED) is 0.531. The molecule has 0 bridgehead atoms. The van der Waals surface area contributed by atoms with Gasteiger partial charge in [-0.15, -0.1) is 0 Å². The molecule has 2 atom stereocenters. The van der Waals surface area contributed by atoms with E-state index in [0.717, 1.165) is 5.92 Å². The highest BCUT2D eigenvalue weighted by Gasteiger charge is 2.07. The molecule has 0 saturated carbocycles. The van der Waals surface area contributed by atoms with Crippen molar-refractivity contribution in [3.05, 3.63) is 0 Å². The molecule has 0 fully saturated rings. The van der Waals surface area contributed by atoms with Gasteiger partial charge in [-0.25, -0.2) is 0 Å². The van der Waals surface area contributed by atoms with Crippen molar-refractivity contribution in [2.75, 3.05) is 0 Å². The zero-order valence-corrected chi connectivity index (χ0v) is 12.2. The zero-order chi connectivity index (χ0) is 12.4. The fourth-order valence-corrected chi connectivity index (χ4v) is 2.19. The van der Waals surface area contributed by atoms with E-state index in [1.54, 1.807) is 0 Å². The van der Waals surface area contributed by atoms with Crippen molar-refractivity contribution in [3.8, 4) is 0 Å². The van der Waals surface area contributed by atoms with E-state index < -0.39 is 0 Å². The first-order chi connectivity index (χ1) is 7.56. The smallest absolute Gasteiger partial charge is 0.00412 e. The molecule has 1 N–H and O–H groups in total. The van der Waals surface area contributed by atoms with Gasteiger partial charge in [0.2, 0.25) is 0 Å². The minimum atomic E-state index is 0.690. The summed E-state index contributed by atoms with van der Waals surface area (Å²) in [5.41, 5.74) is 0. The highest BCUT2D eigenvalue weighted by molar-refractivity contribution is 4.67. The largest absolute Gasteiger partial charge is 0.312 e. The monoisotopic (exact) mass is 227 g/mol. The van der Waals surface area contributed by atoms with Crippen molar-refractivity contribution < 1.29 is 0 Å². The minimum absolute atomic E-state index is 0.690. The van der Waals surface area contributed by atoms with E-state index in [9.17, 15) is 0 Å².